The number of carbonyl (C=O) groups is 1. The van der Waals surface area contributed by atoms with Gasteiger partial charge in [-0.3, -0.25) is 4.79 Å². The maximum absolute atomic E-state index is 13.2. The van der Waals surface area contributed by atoms with Gasteiger partial charge in [0.05, 0.1) is 56.8 Å². The standard InChI is InChI=1S/C67H108O31/c1-26-38(71)43(76)53(98-55-44(77)40(73)30(68)21-85-55)60(91-26)96-51-32(70)23-87-58(48(51)81)97-52-39(72)27(2)90-59(49(52)82)93-34-25-89-56(46(79)42(34)75)95-50-31(69)22-86-57(47(50)80)92-33-24-88-54(45(78)41(33)74)94-37-13-14-64(7)35(63(37,5)6)12-15-66(9)36(64)11-10-28-29-20-62(3,4)16-18-67(29,61(83)84)19-17-65(28,66)8/h10,26-27,29-60,68-82H,11-25H2,1-9H3,(H,83,84). The minimum atomic E-state index is -1.96. The molecule has 0 radical (unpaired) electrons. The van der Waals surface area contributed by atoms with Gasteiger partial charge in [-0.15, -0.1) is 0 Å². The van der Waals surface area contributed by atoms with Gasteiger partial charge in [-0.1, -0.05) is 60.1 Å². The van der Waals surface area contributed by atoms with E-state index in [1.807, 2.05) is 0 Å². The van der Waals surface area contributed by atoms with Gasteiger partial charge in [0.1, 0.15) is 128 Å². The number of aliphatic hydroxyl groups is 15. The van der Waals surface area contributed by atoms with Gasteiger partial charge in [-0.25, -0.2) is 0 Å². The van der Waals surface area contributed by atoms with Crippen LogP contribution < -0.4 is 0 Å². The number of aliphatic hydroxyl groups excluding tert-OH is 15. The molecule has 16 N–H and O–H groups in total. The van der Waals surface area contributed by atoms with Crippen LogP contribution in [0.2, 0.25) is 0 Å². The van der Waals surface area contributed by atoms with Crippen molar-refractivity contribution >= 4 is 5.97 Å². The van der Waals surface area contributed by atoms with E-state index in [2.05, 4.69) is 54.5 Å². The monoisotopic (exact) mass is 1410 g/mol. The zero-order valence-electron chi connectivity index (χ0n) is 57.1. The largest absolute Gasteiger partial charge is 0.481 e. The Morgan fingerprint density at radius 2 is 0.898 bits per heavy atom. The molecule has 0 amide bonds. The molecule has 0 aromatic carbocycles. The minimum absolute atomic E-state index is 0.0112. The molecule has 38 unspecified atom stereocenters. The van der Waals surface area contributed by atoms with Gasteiger partial charge < -0.3 is 148 Å². The minimum Gasteiger partial charge on any atom is -0.481 e. The van der Waals surface area contributed by atoms with E-state index < -0.39 is 228 Å². The van der Waals surface area contributed by atoms with Gasteiger partial charge in [-0.2, -0.15) is 0 Å². The molecule has 0 aromatic heterocycles. The lowest BCUT2D eigenvalue weighted by atomic mass is 9.33. The highest BCUT2D eigenvalue weighted by molar-refractivity contribution is 5.76. The van der Waals surface area contributed by atoms with Gasteiger partial charge in [-0.05, 0) is 123 Å². The molecule has 7 saturated heterocycles. The number of hydrogen-bond acceptors (Lipinski definition) is 30. The summed E-state index contributed by atoms with van der Waals surface area (Å²) in [5.74, 6) is -0.0666. The molecule has 5 aliphatic carbocycles. The van der Waals surface area contributed by atoms with Crippen molar-refractivity contribution in [3.63, 3.8) is 0 Å². The normalized spacial score (nSPS) is 55.0. The van der Waals surface area contributed by atoms with Crippen LogP contribution in [-0.4, -0.2) is 311 Å². The van der Waals surface area contributed by atoms with Crippen molar-refractivity contribution in [2.75, 3.05) is 33.0 Å². The van der Waals surface area contributed by atoms with Crippen LogP contribution in [-0.2, 0) is 71.1 Å². The van der Waals surface area contributed by atoms with Crippen LogP contribution in [0.3, 0.4) is 0 Å². The summed E-state index contributed by atoms with van der Waals surface area (Å²) >= 11 is 0. The Kier molecular flexibility index (Phi) is 21.9. The molecule has 0 spiro atoms. The maximum atomic E-state index is 13.2. The second-order valence-corrected chi connectivity index (χ2v) is 32.4. The number of rotatable bonds is 15. The van der Waals surface area contributed by atoms with Gasteiger partial charge in [0, 0.05) is 0 Å². The van der Waals surface area contributed by atoms with Crippen LogP contribution in [0.5, 0.6) is 0 Å². The fraction of sp³-hybridized carbons (Fsp3) is 0.955. The Morgan fingerprint density at radius 3 is 1.50 bits per heavy atom. The molecule has 7 aliphatic heterocycles. The average molecular weight is 1410 g/mol. The first-order chi connectivity index (χ1) is 46.0. The summed E-state index contributed by atoms with van der Waals surface area (Å²) in [5.41, 5.74) is 0.0435. The summed E-state index contributed by atoms with van der Waals surface area (Å²) < 4.78 is 82.1. The van der Waals surface area contributed by atoms with Gasteiger partial charge in [0.15, 0.2) is 44.0 Å². The number of fused-ring (bicyclic) bond motifs is 7. The number of aliphatic carboxylic acids is 1. The Morgan fingerprint density at radius 1 is 0.429 bits per heavy atom. The summed E-state index contributed by atoms with van der Waals surface area (Å²) in [6, 6.07) is 0. The van der Waals surface area contributed by atoms with Gasteiger partial charge >= 0.3 is 5.97 Å². The van der Waals surface area contributed by atoms with E-state index in [1.165, 1.54) is 19.4 Å². The molecule has 7 heterocycles. The molecule has 562 valence electrons. The summed E-state index contributed by atoms with van der Waals surface area (Å²) in [6.07, 6.45) is -38.9. The van der Waals surface area contributed by atoms with Crippen molar-refractivity contribution in [2.45, 2.75) is 317 Å². The summed E-state index contributed by atoms with van der Waals surface area (Å²) in [6.45, 7) is 16.7. The zero-order chi connectivity index (χ0) is 71.0. The van der Waals surface area contributed by atoms with E-state index >= 15 is 0 Å². The fourth-order valence-corrected chi connectivity index (χ4v) is 19.5. The molecular formula is C67H108O31. The summed E-state index contributed by atoms with van der Waals surface area (Å²) in [7, 11) is 0. The average Bonchev–Trinajstić information content (AvgIpc) is 0.676. The zero-order valence-corrected chi connectivity index (χ0v) is 57.1. The Labute approximate surface area is 569 Å². The van der Waals surface area contributed by atoms with E-state index in [4.69, 9.17) is 66.3 Å². The number of hydrogen-bond donors (Lipinski definition) is 16. The van der Waals surface area contributed by atoms with Gasteiger partial charge in [0.25, 0.3) is 0 Å². The number of ether oxygens (including phenoxy) is 14. The molecule has 0 bridgehead atoms. The number of allylic oxidation sites excluding steroid dienone is 2. The third-order valence-electron chi connectivity index (χ3n) is 25.8. The molecule has 31 heteroatoms. The van der Waals surface area contributed by atoms with Crippen LogP contribution in [0.4, 0.5) is 0 Å². The highest BCUT2D eigenvalue weighted by Crippen LogP contribution is 2.76. The quantitative estimate of drug-likeness (QED) is 0.0584. The topological polar surface area (TPSA) is 470 Å². The fourth-order valence-electron chi connectivity index (χ4n) is 19.5. The summed E-state index contributed by atoms with van der Waals surface area (Å²) in [5, 5.41) is 178. The van der Waals surface area contributed by atoms with Crippen LogP contribution in [0, 0.1) is 50.2 Å². The van der Waals surface area contributed by atoms with Crippen molar-refractivity contribution < 1.29 is 153 Å². The first-order valence-electron chi connectivity index (χ1n) is 35.1. The van der Waals surface area contributed by atoms with Gasteiger partial charge in [0.2, 0.25) is 0 Å². The van der Waals surface area contributed by atoms with E-state index in [9.17, 15) is 86.5 Å². The third kappa shape index (κ3) is 13.2. The van der Waals surface area contributed by atoms with Crippen LogP contribution in [0.25, 0.3) is 0 Å². The second kappa shape index (κ2) is 28.4. The molecule has 98 heavy (non-hydrogen) atoms. The Hall–Kier alpha value is -1.95. The SMILES string of the molecule is CC1OC(OC2C(O)COC(OC3C(O)C(C)OC(OC4COC(OC5C(O)COC(OC6COC(OC7CCC8(C)C(CCC9(C)C8CC=C8C%10CC(C)(C)CCC%10(C(=O)O)CCC89C)C7(C)C)C(O)C6O)C5O)C(O)C4O)C3O)C2O)C(OC2OCC(O)C(O)C2O)C(O)C1O. The van der Waals surface area contributed by atoms with E-state index in [0.29, 0.717) is 25.2 Å². The van der Waals surface area contributed by atoms with E-state index in [-0.39, 0.29) is 46.2 Å². The van der Waals surface area contributed by atoms with Crippen LogP contribution in [0.1, 0.15) is 127 Å². The second-order valence-electron chi connectivity index (χ2n) is 32.4. The lowest BCUT2D eigenvalue weighted by Gasteiger charge is -2.71. The Bertz CT molecular complexity index is 2790. The number of carboxylic acid groups (broad SMARTS) is 1. The van der Waals surface area contributed by atoms with Crippen molar-refractivity contribution in [3.8, 4) is 0 Å². The molecule has 4 saturated carbocycles. The van der Waals surface area contributed by atoms with E-state index in [1.54, 1.807) is 0 Å². The maximum Gasteiger partial charge on any atom is 0.310 e. The molecule has 38 atom stereocenters. The van der Waals surface area contributed by atoms with Crippen LogP contribution >= 0.6 is 0 Å². The lowest BCUT2D eigenvalue weighted by Crippen LogP contribution is -2.66. The van der Waals surface area contributed by atoms with Crippen molar-refractivity contribution in [2.24, 2.45) is 50.2 Å². The predicted molar refractivity (Wildman–Crippen MR) is 328 cm³/mol. The van der Waals surface area contributed by atoms with Crippen molar-refractivity contribution in [1.29, 1.82) is 0 Å². The molecule has 0 aromatic rings. The predicted octanol–water partition coefficient (Wildman–Crippen LogP) is -2.75. The van der Waals surface area contributed by atoms with Crippen molar-refractivity contribution in [3.05, 3.63) is 11.6 Å². The smallest absolute Gasteiger partial charge is 0.310 e. The Balaban J connectivity index is 0.626. The molecule has 12 rings (SSSR count). The first-order valence-corrected chi connectivity index (χ1v) is 35.1. The van der Waals surface area contributed by atoms with E-state index in [0.717, 1.165) is 44.9 Å². The highest BCUT2D eigenvalue weighted by Gasteiger charge is 2.70. The number of carboxylic acids is 1. The summed E-state index contributed by atoms with van der Waals surface area (Å²) in [4.78, 5) is 13.2. The van der Waals surface area contributed by atoms with Crippen molar-refractivity contribution in [1.82, 2.24) is 0 Å². The molecular weight excluding hydrogens is 1300 g/mol. The molecule has 31 nitrogen and oxygen atoms in total. The highest BCUT2D eigenvalue weighted by atomic mass is 16.8. The third-order valence-corrected chi connectivity index (χ3v) is 25.8. The lowest BCUT2D eigenvalue weighted by molar-refractivity contribution is -0.387. The first kappa shape index (κ1) is 75.7. The van der Waals surface area contributed by atoms with Crippen LogP contribution in [0.15, 0.2) is 11.6 Å². The molecule has 11 fully saturated rings. The molecule has 12 aliphatic rings.